The van der Waals surface area contributed by atoms with E-state index in [0.29, 0.717) is 22.7 Å². The fraction of sp³-hybridized carbons (Fsp3) is 0.929. The van der Waals surface area contributed by atoms with Crippen molar-refractivity contribution in [3.8, 4) is 0 Å². The van der Waals surface area contributed by atoms with Crippen LogP contribution in [0, 0.1) is 5.92 Å². The average Bonchev–Trinajstić information content (AvgIpc) is 2.56. The summed E-state index contributed by atoms with van der Waals surface area (Å²) in [5.74, 6) is 0.618. The van der Waals surface area contributed by atoms with Gasteiger partial charge in [0.25, 0.3) is 0 Å². The summed E-state index contributed by atoms with van der Waals surface area (Å²) in [7, 11) is 0. The van der Waals surface area contributed by atoms with E-state index in [-0.39, 0.29) is 0 Å². The van der Waals surface area contributed by atoms with Crippen LogP contribution in [0.25, 0.3) is 0 Å². The highest BCUT2D eigenvalue weighted by Gasteiger charge is 2.27. The zero-order valence-electron chi connectivity index (χ0n) is 10.6. The second-order valence-corrected chi connectivity index (χ2v) is 6.78. The topological polar surface area (TPSA) is 29.1 Å². The summed E-state index contributed by atoms with van der Waals surface area (Å²) in [6, 6.07) is 0.368. The fourth-order valence-corrected chi connectivity index (χ4v) is 3.81. The number of nitrogens with one attached hydrogen (secondary N) is 1. The molecule has 0 radical (unpaired) electrons. The predicted molar refractivity (Wildman–Crippen MR) is 74.3 cm³/mol. The molecule has 1 amide bonds. The summed E-state index contributed by atoms with van der Waals surface area (Å²) in [4.78, 5) is 12.7. The van der Waals surface area contributed by atoms with Gasteiger partial charge < -0.3 is 5.32 Å². The van der Waals surface area contributed by atoms with Gasteiger partial charge in [0, 0.05) is 16.8 Å². The lowest BCUT2D eigenvalue weighted by Crippen LogP contribution is -2.43. The number of rotatable bonds is 2. The first-order valence-corrected chi connectivity index (χ1v) is 8.13. The van der Waals surface area contributed by atoms with E-state index in [1.807, 2.05) is 0 Å². The Balaban J connectivity index is 1.83. The Morgan fingerprint density at radius 2 is 1.47 bits per heavy atom. The maximum absolute atomic E-state index is 12.2. The normalized spacial score (nSPS) is 31.8. The van der Waals surface area contributed by atoms with Crippen LogP contribution in [-0.2, 0) is 4.79 Å². The molecule has 2 unspecified atom stereocenters. The number of carbonyl (C=O) groups excluding carboxylic acids is 1. The van der Waals surface area contributed by atoms with E-state index in [1.165, 1.54) is 44.9 Å². The molecular formula is C14H24BrNO. The molecule has 17 heavy (non-hydrogen) atoms. The third-order valence-corrected chi connectivity index (χ3v) is 5.33. The summed E-state index contributed by atoms with van der Waals surface area (Å²) in [6.07, 6.45) is 12.2. The summed E-state index contributed by atoms with van der Waals surface area (Å²) in [6.45, 7) is 0. The Hall–Kier alpha value is -0.0500. The Labute approximate surface area is 113 Å². The molecule has 0 aromatic rings. The molecule has 2 aliphatic rings. The van der Waals surface area contributed by atoms with Crippen LogP contribution in [0.4, 0.5) is 0 Å². The van der Waals surface area contributed by atoms with E-state index >= 15 is 0 Å². The van der Waals surface area contributed by atoms with Gasteiger partial charge in [0.1, 0.15) is 0 Å². The number of carbonyl (C=O) groups is 1. The second-order valence-electron chi connectivity index (χ2n) is 5.60. The van der Waals surface area contributed by atoms with Gasteiger partial charge in [-0.15, -0.1) is 0 Å². The largest absolute Gasteiger partial charge is 0.352 e. The molecule has 2 aliphatic carbocycles. The molecule has 0 saturated heterocycles. The highest BCUT2D eigenvalue weighted by molar-refractivity contribution is 9.09. The Bertz CT molecular complexity index is 251. The van der Waals surface area contributed by atoms with Crippen LogP contribution in [0.3, 0.4) is 0 Å². The van der Waals surface area contributed by atoms with Crippen LogP contribution in [0.1, 0.15) is 64.2 Å². The van der Waals surface area contributed by atoms with Crippen LogP contribution < -0.4 is 5.32 Å². The maximum atomic E-state index is 12.2. The van der Waals surface area contributed by atoms with Crippen molar-refractivity contribution >= 4 is 21.8 Å². The Morgan fingerprint density at radius 3 is 2.18 bits per heavy atom. The van der Waals surface area contributed by atoms with Gasteiger partial charge >= 0.3 is 0 Å². The van der Waals surface area contributed by atoms with E-state index in [2.05, 4.69) is 21.2 Å². The van der Waals surface area contributed by atoms with E-state index in [0.717, 1.165) is 19.3 Å². The Morgan fingerprint density at radius 1 is 0.882 bits per heavy atom. The van der Waals surface area contributed by atoms with Crippen molar-refractivity contribution in [3.63, 3.8) is 0 Å². The monoisotopic (exact) mass is 301 g/mol. The number of alkyl halides is 1. The van der Waals surface area contributed by atoms with Gasteiger partial charge in [-0.2, -0.15) is 0 Å². The van der Waals surface area contributed by atoms with Crippen LogP contribution in [-0.4, -0.2) is 16.8 Å². The van der Waals surface area contributed by atoms with Crippen LogP contribution in [0.2, 0.25) is 0 Å². The highest BCUT2D eigenvalue weighted by Crippen LogP contribution is 2.27. The van der Waals surface area contributed by atoms with Gasteiger partial charge in [0.2, 0.25) is 5.91 Å². The van der Waals surface area contributed by atoms with Crippen LogP contribution in [0.5, 0.6) is 0 Å². The van der Waals surface area contributed by atoms with Gasteiger partial charge in [0.05, 0.1) is 0 Å². The van der Waals surface area contributed by atoms with Crippen molar-refractivity contribution in [3.05, 3.63) is 0 Å². The smallest absolute Gasteiger partial charge is 0.223 e. The molecule has 0 aromatic heterocycles. The molecule has 2 fully saturated rings. The summed E-state index contributed by atoms with van der Waals surface area (Å²) >= 11 is 3.74. The molecule has 0 spiro atoms. The van der Waals surface area contributed by atoms with Gasteiger partial charge in [-0.1, -0.05) is 54.5 Å². The minimum Gasteiger partial charge on any atom is -0.352 e. The minimum absolute atomic E-state index is 0.298. The predicted octanol–water partition coefficient (Wildman–Crippen LogP) is 3.78. The summed E-state index contributed by atoms with van der Waals surface area (Å²) in [5, 5.41) is 3.29. The quantitative estimate of drug-likeness (QED) is 0.610. The summed E-state index contributed by atoms with van der Waals surface area (Å²) < 4.78 is 0. The molecule has 2 nitrogen and oxygen atoms in total. The third kappa shape index (κ3) is 3.97. The molecule has 98 valence electrons. The fourth-order valence-electron chi connectivity index (χ4n) is 3.09. The standard InChI is InChI=1S/C14H24BrNO/c15-12-9-5-2-6-10-13(12)16-14(17)11-7-3-1-4-8-11/h11-13H,1-10H2,(H,16,17). The molecular weight excluding hydrogens is 278 g/mol. The first-order chi connectivity index (χ1) is 8.27. The molecule has 2 saturated carbocycles. The average molecular weight is 302 g/mol. The maximum Gasteiger partial charge on any atom is 0.223 e. The van der Waals surface area contributed by atoms with Crippen molar-refractivity contribution in [2.24, 2.45) is 5.92 Å². The molecule has 2 rings (SSSR count). The van der Waals surface area contributed by atoms with E-state index in [1.54, 1.807) is 0 Å². The van der Waals surface area contributed by atoms with Gasteiger partial charge in [-0.25, -0.2) is 0 Å². The van der Waals surface area contributed by atoms with Crippen molar-refractivity contribution in [1.82, 2.24) is 5.32 Å². The van der Waals surface area contributed by atoms with Crippen LogP contribution in [0.15, 0.2) is 0 Å². The zero-order valence-corrected chi connectivity index (χ0v) is 12.2. The lowest BCUT2D eigenvalue weighted by molar-refractivity contribution is -0.126. The summed E-state index contributed by atoms with van der Waals surface area (Å²) in [5.41, 5.74) is 0. The molecule has 0 aliphatic heterocycles. The van der Waals surface area contributed by atoms with E-state index < -0.39 is 0 Å². The highest BCUT2D eigenvalue weighted by atomic mass is 79.9. The second kappa shape index (κ2) is 6.77. The Kier molecular flexibility index (Phi) is 5.33. The van der Waals surface area contributed by atoms with E-state index in [4.69, 9.17) is 0 Å². The van der Waals surface area contributed by atoms with Crippen molar-refractivity contribution in [2.75, 3.05) is 0 Å². The first-order valence-electron chi connectivity index (χ1n) is 7.22. The SMILES string of the molecule is O=C(NC1CCCCCC1Br)C1CCCCC1. The number of hydrogen-bond donors (Lipinski definition) is 1. The first kappa shape index (κ1) is 13.4. The minimum atomic E-state index is 0.298. The molecule has 1 N–H and O–H groups in total. The number of halogens is 1. The molecule has 0 bridgehead atoms. The van der Waals surface area contributed by atoms with E-state index in [9.17, 15) is 4.79 Å². The lowest BCUT2D eigenvalue weighted by atomic mass is 9.88. The zero-order chi connectivity index (χ0) is 12.1. The van der Waals surface area contributed by atoms with Crippen molar-refractivity contribution in [2.45, 2.75) is 75.1 Å². The number of amides is 1. The van der Waals surface area contributed by atoms with Crippen molar-refractivity contribution < 1.29 is 4.79 Å². The third-order valence-electron chi connectivity index (χ3n) is 4.24. The molecule has 0 aromatic carbocycles. The lowest BCUT2D eigenvalue weighted by Gasteiger charge is -2.26. The van der Waals surface area contributed by atoms with Crippen LogP contribution >= 0.6 is 15.9 Å². The molecule has 3 heteroatoms. The van der Waals surface area contributed by atoms with Gasteiger partial charge in [-0.05, 0) is 25.7 Å². The molecule has 0 heterocycles. The number of hydrogen-bond acceptors (Lipinski definition) is 1. The van der Waals surface area contributed by atoms with Gasteiger partial charge in [-0.3, -0.25) is 4.79 Å². The van der Waals surface area contributed by atoms with Crippen molar-refractivity contribution in [1.29, 1.82) is 0 Å². The van der Waals surface area contributed by atoms with Gasteiger partial charge in [0.15, 0.2) is 0 Å². The molecule has 2 atom stereocenters.